The largest absolute Gasteiger partial charge is 0.350 e. The summed E-state index contributed by atoms with van der Waals surface area (Å²) in [6, 6.07) is 8.53. The summed E-state index contributed by atoms with van der Waals surface area (Å²) in [7, 11) is 0. The molecule has 20 heavy (non-hydrogen) atoms. The standard InChI is InChI=1S/C18H27NO/c1-13(2)14(3)19-17(20)12-9-15-7-10-16(11-8-15)18(4,5)6/h7-14H,1-6H3,(H,19,20)/b12-9+/t14-/m1/s1. The third-order valence-electron chi connectivity index (χ3n) is 3.57. The average Bonchev–Trinajstić information content (AvgIpc) is 2.35. The first-order valence-electron chi connectivity index (χ1n) is 7.29. The van der Waals surface area contributed by atoms with Gasteiger partial charge in [0.15, 0.2) is 0 Å². The van der Waals surface area contributed by atoms with Gasteiger partial charge in [0.2, 0.25) is 5.91 Å². The average molecular weight is 273 g/mol. The van der Waals surface area contributed by atoms with Gasteiger partial charge in [-0.25, -0.2) is 0 Å². The number of benzene rings is 1. The Hall–Kier alpha value is -1.57. The van der Waals surface area contributed by atoms with Crippen LogP contribution in [-0.4, -0.2) is 11.9 Å². The molecule has 0 heterocycles. The van der Waals surface area contributed by atoms with Crippen LogP contribution in [0, 0.1) is 5.92 Å². The van der Waals surface area contributed by atoms with Crippen molar-refractivity contribution in [1.82, 2.24) is 5.32 Å². The van der Waals surface area contributed by atoms with E-state index in [-0.39, 0.29) is 17.4 Å². The summed E-state index contributed by atoms with van der Waals surface area (Å²) < 4.78 is 0. The summed E-state index contributed by atoms with van der Waals surface area (Å²) in [5.74, 6) is 0.407. The normalized spacial score (nSPS) is 13.8. The molecule has 0 saturated heterocycles. The summed E-state index contributed by atoms with van der Waals surface area (Å²) in [6.45, 7) is 12.8. The Balaban J connectivity index is 2.65. The van der Waals surface area contributed by atoms with Crippen molar-refractivity contribution in [3.63, 3.8) is 0 Å². The van der Waals surface area contributed by atoms with E-state index in [2.05, 4.69) is 64.2 Å². The number of hydrogen-bond acceptors (Lipinski definition) is 1. The van der Waals surface area contributed by atoms with Gasteiger partial charge in [-0.15, -0.1) is 0 Å². The molecule has 1 amide bonds. The third-order valence-corrected chi connectivity index (χ3v) is 3.57. The highest BCUT2D eigenvalue weighted by atomic mass is 16.1. The molecule has 0 aliphatic rings. The van der Waals surface area contributed by atoms with Crippen molar-refractivity contribution in [1.29, 1.82) is 0 Å². The molecule has 1 aromatic carbocycles. The highest BCUT2D eigenvalue weighted by molar-refractivity contribution is 5.91. The van der Waals surface area contributed by atoms with E-state index in [1.165, 1.54) is 5.56 Å². The lowest BCUT2D eigenvalue weighted by Crippen LogP contribution is -2.34. The monoisotopic (exact) mass is 273 g/mol. The Labute approximate surface area is 123 Å². The molecule has 1 rings (SSSR count). The number of nitrogens with one attached hydrogen (secondary N) is 1. The molecule has 0 spiro atoms. The quantitative estimate of drug-likeness (QED) is 0.820. The first-order chi connectivity index (χ1) is 9.20. The number of amides is 1. The topological polar surface area (TPSA) is 29.1 Å². The molecule has 1 N–H and O–H groups in total. The van der Waals surface area contributed by atoms with Crippen LogP contribution in [0.25, 0.3) is 6.08 Å². The number of rotatable bonds is 4. The summed E-state index contributed by atoms with van der Waals surface area (Å²) in [5, 5.41) is 2.96. The van der Waals surface area contributed by atoms with Gasteiger partial charge >= 0.3 is 0 Å². The summed E-state index contributed by atoms with van der Waals surface area (Å²) in [5.41, 5.74) is 2.50. The predicted octanol–water partition coefficient (Wildman–Crippen LogP) is 4.16. The SMILES string of the molecule is CC(C)[C@@H](C)NC(=O)/C=C/c1ccc(C(C)(C)C)cc1. The maximum absolute atomic E-state index is 11.8. The maximum Gasteiger partial charge on any atom is 0.244 e. The van der Waals surface area contributed by atoms with Gasteiger partial charge in [-0.05, 0) is 35.5 Å². The second kappa shape index (κ2) is 6.74. The second-order valence-electron chi connectivity index (χ2n) is 6.75. The molecule has 0 unspecified atom stereocenters. The lowest BCUT2D eigenvalue weighted by atomic mass is 9.87. The van der Waals surface area contributed by atoms with Crippen LogP contribution in [0.5, 0.6) is 0 Å². The highest BCUT2D eigenvalue weighted by Gasteiger charge is 2.12. The van der Waals surface area contributed by atoms with Gasteiger partial charge in [0.25, 0.3) is 0 Å². The summed E-state index contributed by atoms with van der Waals surface area (Å²) in [4.78, 5) is 11.8. The van der Waals surface area contributed by atoms with E-state index in [1.54, 1.807) is 6.08 Å². The van der Waals surface area contributed by atoms with Gasteiger partial charge < -0.3 is 5.32 Å². The minimum absolute atomic E-state index is 0.0360. The molecule has 2 heteroatoms. The van der Waals surface area contributed by atoms with E-state index < -0.39 is 0 Å². The van der Waals surface area contributed by atoms with Crippen LogP contribution in [0.2, 0.25) is 0 Å². The molecule has 110 valence electrons. The summed E-state index contributed by atoms with van der Waals surface area (Å²) in [6.07, 6.45) is 3.46. The first kappa shape index (κ1) is 16.5. The highest BCUT2D eigenvalue weighted by Crippen LogP contribution is 2.22. The van der Waals surface area contributed by atoms with Crippen LogP contribution >= 0.6 is 0 Å². The minimum Gasteiger partial charge on any atom is -0.350 e. The Bertz CT molecular complexity index is 463. The van der Waals surface area contributed by atoms with E-state index in [0.29, 0.717) is 5.92 Å². The van der Waals surface area contributed by atoms with E-state index in [4.69, 9.17) is 0 Å². The molecule has 1 atom stereocenters. The third kappa shape index (κ3) is 5.20. The Kier molecular flexibility index (Phi) is 5.55. The van der Waals surface area contributed by atoms with Crippen LogP contribution in [-0.2, 0) is 10.2 Å². The lowest BCUT2D eigenvalue weighted by molar-refractivity contribution is -0.117. The van der Waals surface area contributed by atoms with Gasteiger partial charge in [0, 0.05) is 12.1 Å². The summed E-state index contributed by atoms with van der Waals surface area (Å²) >= 11 is 0. The van der Waals surface area contributed by atoms with Crippen molar-refractivity contribution < 1.29 is 4.79 Å². The Morgan fingerprint density at radius 2 is 1.65 bits per heavy atom. The van der Waals surface area contributed by atoms with E-state index in [0.717, 1.165) is 5.56 Å². The Morgan fingerprint density at radius 1 is 1.10 bits per heavy atom. The van der Waals surface area contributed by atoms with Crippen LogP contribution in [0.1, 0.15) is 52.7 Å². The molecule has 0 radical (unpaired) electrons. The molecule has 1 aromatic rings. The molecular weight excluding hydrogens is 246 g/mol. The van der Waals surface area contributed by atoms with E-state index in [1.807, 2.05) is 13.0 Å². The zero-order chi connectivity index (χ0) is 15.3. The molecule has 0 fully saturated rings. The van der Waals surface area contributed by atoms with Crippen LogP contribution in [0.3, 0.4) is 0 Å². The van der Waals surface area contributed by atoms with Crippen LogP contribution in [0.15, 0.2) is 30.3 Å². The second-order valence-corrected chi connectivity index (χ2v) is 6.75. The van der Waals surface area contributed by atoms with Crippen molar-refractivity contribution in [2.24, 2.45) is 5.92 Å². The van der Waals surface area contributed by atoms with Gasteiger partial charge in [-0.1, -0.05) is 58.9 Å². The zero-order valence-electron chi connectivity index (χ0n) is 13.5. The van der Waals surface area contributed by atoms with Gasteiger partial charge in [-0.2, -0.15) is 0 Å². The fraction of sp³-hybridized carbons (Fsp3) is 0.500. The maximum atomic E-state index is 11.8. The molecule has 0 aliphatic carbocycles. The van der Waals surface area contributed by atoms with Gasteiger partial charge in [0.1, 0.15) is 0 Å². The molecule has 0 aliphatic heterocycles. The number of hydrogen-bond donors (Lipinski definition) is 1. The fourth-order valence-corrected chi connectivity index (χ4v) is 1.71. The van der Waals surface area contributed by atoms with Gasteiger partial charge in [-0.3, -0.25) is 4.79 Å². The molecule has 0 aromatic heterocycles. The molecular formula is C18H27NO. The zero-order valence-corrected chi connectivity index (χ0v) is 13.5. The van der Waals surface area contributed by atoms with E-state index >= 15 is 0 Å². The lowest BCUT2D eigenvalue weighted by Gasteiger charge is -2.18. The molecule has 0 bridgehead atoms. The van der Waals surface area contributed by atoms with Crippen molar-refractivity contribution >= 4 is 12.0 Å². The predicted molar refractivity (Wildman–Crippen MR) is 86.6 cm³/mol. The van der Waals surface area contributed by atoms with Crippen LogP contribution < -0.4 is 5.32 Å². The molecule has 2 nitrogen and oxygen atoms in total. The van der Waals surface area contributed by atoms with Gasteiger partial charge in [0.05, 0.1) is 0 Å². The number of carbonyl (C=O) groups is 1. The minimum atomic E-state index is -0.0360. The fourth-order valence-electron chi connectivity index (χ4n) is 1.71. The first-order valence-corrected chi connectivity index (χ1v) is 7.29. The van der Waals surface area contributed by atoms with E-state index in [9.17, 15) is 4.79 Å². The van der Waals surface area contributed by atoms with Crippen molar-refractivity contribution in [2.45, 2.75) is 53.0 Å². The van der Waals surface area contributed by atoms with Crippen molar-refractivity contribution in [2.75, 3.05) is 0 Å². The Morgan fingerprint density at radius 3 is 2.10 bits per heavy atom. The van der Waals surface area contributed by atoms with Crippen molar-refractivity contribution in [3.05, 3.63) is 41.5 Å². The van der Waals surface area contributed by atoms with Crippen LogP contribution in [0.4, 0.5) is 0 Å². The van der Waals surface area contributed by atoms with Crippen molar-refractivity contribution in [3.8, 4) is 0 Å². The number of carbonyl (C=O) groups excluding carboxylic acids is 1. The smallest absolute Gasteiger partial charge is 0.244 e. The molecule has 0 saturated carbocycles.